The summed E-state index contributed by atoms with van der Waals surface area (Å²) in [6.45, 7) is 0.766. The molecule has 196 valence electrons. The molecule has 2 fully saturated rings. The van der Waals surface area contributed by atoms with E-state index in [1.54, 1.807) is 4.90 Å². The molecule has 0 N–H and O–H groups in total. The highest BCUT2D eigenvalue weighted by atomic mass is 19.2. The summed E-state index contributed by atoms with van der Waals surface area (Å²) in [5.74, 6) is -4.84. The topological polar surface area (TPSA) is 55.8 Å². The van der Waals surface area contributed by atoms with Crippen molar-refractivity contribution in [2.75, 3.05) is 19.8 Å². The molecule has 0 spiro atoms. The van der Waals surface area contributed by atoms with Crippen LogP contribution in [0.1, 0.15) is 35.4 Å². The number of benzene rings is 3. The van der Waals surface area contributed by atoms with Crippen molar-refractivity contribution in [3.63, 3.8) is 0 Å². The Labute approximate surface area is 218 Å². The Bertz CT molecular complexity index is 1330. The highest BCUT2D eigenvalue weighted by Crippen LogP contribution is 2.44. The fourth-order valence-electron chi connectivity index (χ4n) is 6.20. The number of carbonyl (C=O) groups is 2. The first kappa shape index (κ1) is 24.7. The van der Waals surface area contributed by atoms with E-state index in [4.69, 9.17) is 9.47 Å². The lowest BCUT2D eigenvalue weighted by atomic mass is 9.81. The number of ketones is 1. The minimum Gasteiger partial charge on any atom is -0.448 e. The van der Waals surface area contributed by atoms with Gasteiger partial charge in [-0.05, 0) is 52.8 Å². The summed E-state index contributed by atoms with van der Waals surface area (Å²) in [5, 5.41) is 0. The Morgan fingerprint density at radius 2 is 1.42 bits per heavy atom. The Morgan fingerprint density at radius 1 is 0.868 bits per heavy atom. The van der Waals surface area contributed by atoms with Gasteiger partial charge in [0.25, 0.3) is 0 Å². The van der Waals surface area contributed by atoms with E-state index in [0.29, 0.717) is 12.8 Å². The quantitative estimate of drug-likeness (QED) is 0.408. The summed E-state index contributed by atoms with van der Waals surface area (Å²) >= 11 is 0. The summed E-state index contributed by atoms with van der Waals surface area (Å²) in [5.41, 5.74) is 4.64. The zero-order valence-corrected chi connectivity index (χ0v) is 20.5. The monoisotopic (exact) mass is 521 g/mol. The average Bonchev–Trinajstić information content (AvgIpc) is 3.23. The normalized spacial score (nSPS) is 22.1. The van der Waals surface area contributed by atoms with Gasteiger partial charge in [0.15, 0.2) is 17.5 Å². The maximum atomic E-state index is 13.6. The molecule has 2 aliphatic heterocycles. The lowest BCUT2D eigenvalue weighted by Gasteiger charge is -2.47. The van der Waals surface area contributed by atoms with Crippen molar-refractivity contribution >= 4 is 11.9 Å². The van der Waals surface area contributed by atoms with E-state index >= 15 is 0 Å². The first-order chi connectivity index (χ1) is 18.4. The molecule has 2 heterocycles. The van der Waals surface area contributed by atoms with E-state index in [1.165, 1.54) is 0 Å². The van der Waals surface area contributed by atoms with Crippen molar-refractivity contribution in [1.82, 2.24) is 4.90 Å². The van der Waals surface area contributed by atoms with Gasteiger partial charge in [-0.1, -0.05) is 48.5 Å². The number of hydrogen-bond donors (Lipinski definition) is 0. The molecule has 1 amide bonds. The van der Waals surface area contributed by atoms with Gasteiger partial charge in [-0.25, -0.2) is 18.0 Å². The molecule has 3 aliphatic rings. The van der Waals surface area contributed by atoms with Crippen molar-refractivity contribution in [2.45, 2.75) is 37.3 Å². The molecule has 2 saturated heterocycles. The Kier molecular flexibility index (Phi) is 6.43. The molecule has 38 heavy (non-hydrogen) atoms. The van der Waals surface area contributed by atoms with E-state index < -0.39 is 29.5 Å². The van der Waals surface area contributed by atoms with Crippen LogP contribution in [0.2, 0.25) is 0 Å². The second kappa shape index (κ2) is 9.91. The van der Waals surface area contributed by atoms with Crippen molar-refractivity contribution in [2.24, 2.45) is 5.92 Å². The maximum absolute atomic E-state index is 13.6. The third kappa shape index (κ3) is 4.36. The van der Waals surface area contributed by atoms with Crippen LogP contribution in [0.4, 0.5) is 18.0 Å². The predicted molar refractivity (Wildman–Crippen MR) is 133 cm³/mol. The van der Waals surface area contributed by atoms with Crippen molar-refractivity contribution in [3.8, 4) is 11.1 Å². The molecular formula is C30H26F3NO4. The summed E-state index contributed by atoms with van der Waals surface area (Å²) in [4.78, 5) is 28.0. The van der Waals surface area contributed by atoms with Crippen LogP contribution in [0, 0.1) is 23.4 Å². The van der Waals surface area contributed by atoms with Gasteiger partial charge in [0.2, 0.25) is 0 Å². The number of morpholine rings is 1. The van der Waals surface area contributed by atoms with Gasteiger partial charge in [0.05, 0.1) is 25.3 Å². The standard InChI is InChI=1S/C30H26F3NO4/c31-26-9-17(10-27(32)29(26)33)11-28(35)18-12-19-14-37-15-20(13-18)34(19)30(36)38-16-25-23-7-3-1-5-21(23)22-6-2-4-8-24(22)25/h1-10,18-20,25H,11-16H2. The van der Waals surface area contributed by atoms with E-state index in [2.05, 4.69) is 24.3 Å². The zero-order chi connectivity index (χ0) is 26.4. The van der Waals surface area contributed by atoms with Crippen molar-refractivity contribution in [3.05, 3.63) is 94.8 Å². The van der Waals surface area contributed by atoms with E-state index in [0.717, 1.165) is 34.4 Å². The number of carbonyl (C=O) groups excluding carboxylic acids is 2. The molecule has 8 heteroatoms. The van der Waals surface area contributed by atoms with Crippen LogP contribution in [-0.2, 0) is 20.7 Å². The number of hydrogen-bond acceptors (Lipinski definition) is 4. The first-order valence-electron chi connectivity index (χ1n) is 12.8. The molecule has 3 aromatic carbocycles. The number of rotatable bonds is 5. The fourth-order valence-corrected chi connectivity index (χ4v) is 6.20. The first-order valence-corrected chi connectivity index (χ1v) is 12.8. The summed E-state index contributed by atoms with van der Waals surface area (Å²) in [6, 6.07) is 17.3. The largest absolute Gasteiger partial charge is 0.448 e. The predicted octanol–water partition coefficient (Wildman–Crippen LogP) is 5.64. The summed E-state index contributed by atoms with van der Waals surface area (Å²) < 4.78 is 52.1. The van der Waals surface area contributed by atoms with Gasteiger partial charge < -0.3 is 9.47 Å². The van der Waals surface area contributed by atoms with Crippen LogP contribution in [0.15, 0.2) is 60.7 Å². The van der Waals surface area contributed by atoms with Crippen LogP contribution in [0.3, 0.4) is 0 Å². The number of nitrogens with zero attached hydrogens (tertiary/aromatic N) is 1. The average molecular weight is 522 g/mol. The molecule has 2 unspecified atom stereocenters. The summed E-state index contributed by atoms with van der Waals surface area (Å²) in [7, 11) is 0. The molecule has 3 aromatic rings. The number of halogens is 3. The van der Waals surface area contributed by atoms with Crippen molar-refractivity contribution < 1.29 is 32.2 Å². The minimum absolute atomic E-state index is 0.0574. The second-order valence-electron chi connectivity index (χ2n) is 10.2. The molecule has 2 atom stereocenters. The van der Waals surface area contributed by atoms with Crippen LogP contribution >= 0.6 is 0 Å². The fraction of sp³-hybridized carbons (Fsp3) is 0.333. The van der Waals surface area contributed by atoms with E-state index in [9.17, 15) is 22.8 Å². The van der Waals surface area contributed by atoms with Crippen LogP contribution < -0.4 is 0 Å². The number of Topliss-reactive ketones (excluding diaryl/α,β-unsaturated/α-hetero) is 1. The third-order valence-electron chi connectivity index (χ3n) is 7.94. The number of fused-ring (bicyclic) bond motifs is 5. The Morgan fingerprint density at radius 3 is 2.00 bits per heavy atom. The van der Waals surface area contributed by atoms with Gasteiger partial charge >= 0.3 is 6.09 Å². The molecule has 2 bridgehead atoms. The highest BCUT2D eigenvalue weighted by molar-refractivity contribution is 5.84. The van der Waals surface area contributed by atoms with Gasteiger partial charge in [-0.3, -0.25) is 9.69 Å². The second-order valence-corrected chi connectivity index (χ2v) is 10.2. The summed E-state index contributed by atoms with van der Waals surface area (Å²) in [6.07, 6.45) is 0.0974. The molecular weight excluding hydrogens is 495 g/mol. The minimum atomic E-state index is -1.55. The maximum Gasteiger partial charge on any atom is 0.410 e. The van der Waals surface area contributed by atoms with Crippen LogP contribution in [0.25, 0.3) is 11.1 Å². The van der Waals surface area contributed by atoms with Gasteiger partial charge in [0, 0.05) is 18.3 Å². The SMILES string of the molecule is O=C(Cc1cc(F)c(F)c(F)c1)C1CC2COCC(C1)N2C(=O)OCC1c2ccccc2-c2ccccc21. The third-order valence-corrected chi connectivity index (χ3v) is 7.94. The molecule has 1 aliphatic carbocycles. The van der Waals surface area contributed by atoms with Gasteiger partial charge in [0.1, 0.15) is 12.4 Å². The number of piperidine rings is 1. The van der Waals surface area contributed by atoms with E-state index in [-0.39, 0.29) is 55.6 Å². The molecule has 5 nitrogen and oxygen atoms in total. The smallest absolute Gasteiger partial charge is 0.410 e. The molecule has 6 rings (SSSR count). The Hall–Kier alpha value is -3.65. The van der Waals surface area contributed by atoms with E-state index in [1.807, 2.05) is 24.3 Å². The van der Waals surface area contributed by atoms with Crippen molar-refractivity contribution in [1.29, 1.82) is 0 Å². The molecule has 0 radical (unpaired) electrons. The van der Waals surface area contributed by atoms with Crippen LogP contribution in [-0.4, -0.2) is 48.7 Å². The van der Waals surface area contributed by atoms with Crippen LogP contribution in [0.5, 0.6) is 0 Å². The van der Waals surface area contributed by atoms with Gasteiger partial charge in [-0.2, -0.15) is 0 Å². The zero-order valence-electron chi connectivity index (χ0n) is 20.5. The molecule has 0 saturated carbocycles. The Balaban J connectivity index is 1.13. The van der Waals surface area contributed by atoms with Gasteiger partial charge in [-0.15, -0.1) is 0 Å². The highest BCUT2D eigenvalue weighted by Gasteiger charge is 2.44. The number of ether oxygens (including phenoxy) is 2. The lowest BCUT2D eigenvalue weighted by Crippen LogP contribution is -2.60. The number of amides is 1. The lowest BCUT2D eigenvalue weighted by molar-refractivity contribution is -0.130. The molecule has 0 aromatic heterocycles.